The number of halogens is 3. The monoisotopic (exact) mass is 462 g/mol. The first kappa shape index (κ1) is 20.0. The van der Waals surface area contributed by atoms with E-state index in [-0.39, 0.29) is 11.7 Å². The number of furan rings is 1. The van der Waals surface area contributed by atoms with Gasteiger partial charge in [-0.15, -0.1) is 11.3 Å². The van der Waals surface area contributed by atoms with Crippen molar-refractivity contribution in [3.8, 4) is 11.3 Å². The van der Waals surface area contributed by atoms with Crippen LogP contribution in [0.2, 0.25) is 15.1 Å². The number of hydrogen-bond acceptors (Lipinski definition) is 4. The number of carbonyl (C=O) groups is 1. The molecule has 0 saturated carbocycles. The van der Waals surface area contributed by atoms with Crippen molar-refractivity contribution >= 4 is 57.2 Å². The Labute approximate surface area is 186 Å². The smallest absolute Gasteiger partial charge is 0.293 e. The maximum absolute atomic E-state index is 12.5. The van der Waals surface area contributed by atoms with Crippen molar-refractivity contribution in [3.63, 3.8) is 0 Å². The first-order valence-corrected chi connectivity index (χ1v) is 10.5. The summed E-state index contributed by atoms with van der Waals surface area (Å²) in [7, 11) is 0. The van der Waals surface area contributed by atoms with Gasteiger partial charge in [-0.2, -0.15) is 0 Å². The molecular formula is C21H13Cl3N2O2S. The molecule has 2 aromatic heterocycles. The number of nitrogens with zero attached hydrogens (tertiary/aromatic N) is 1. The molecule has 2 heterocycles. The van der Waals surface area contributed by atoms with E-state index >= 15 is 0 Å². The lowest BCUT2D eigenvalue weighted by molar-refractivity contribution is 0.0997. The molecule has 0 radical (unpaired) electrons. The van der Waals surface area contributed by atoms with Crippen molar-refractivity contribution in [3.05, 3.63) is 92.1 Å². The minimum Gasteiger partial charge on any atom is -0.451 e. The lowest BCUT2D eigenvalue weighted by atomic mass is 10.1. The zero-order valence-corrected chi connectivity index (χ0v) is 17.9. The Morgan fingerprint density at radius 2 is 1.90 bits per heavy atom. The topological polar surface area (TPSA) is 55.1 Å². The molecule has 146 valence electrons. The molecule has 2 aromatic carbocycles. The highest BCUT2D eigenvalue weighted by atomic mass is 35.5. The molecule has 0 atom stereocenters. The summed E-state index contributed by atoms with van der Waals surface area (Å²) in [5, 5.41) is 4.83. The standard InChI is InChI=1S/C21H13Cl3N2O2S/c22-14-3-1-2-12(8-14)9-15-11-25-21(29-15)26-20(27)19-7-6-18(28-19)13-4-5-16(23)17(24)10-13/h1-8,10-11H,9H2,(H,25,26,27). The van der Waals surface area contributed by atoms with Crippen molar-refractivity contribution in [1.29, 1.82) is 0 Å². The second-order valence-electron chi connectivity index (χ2n) is 6.19. The van der Waals surface area contributed by atoms with Gasteiger partial charge in [0.15, 0.2) is 10.9 Å². The Balaban J connectivity index is 1.44. The third-order valence-electron chi connectivity index (χ3n) is 4.08. The number of aromatic nitrogens is 1. The largest absolute Gasteiger partial charge is 0.451 e. The van der Waals surface area contributed by atoms with Crippen molar-refractivity contribution in [2.24, 2.45) is 0 Å². The van der Waals surface area contributed by atoms with E-state index in [9.17, 15) is 4.79 Å². The van der Waals surface area contributed by atoms with Gasteiger partial charge < -0.3 is 4.42 Å². The van der Waals surface area contributed by atoms with E-state index < -0.39 is 0 Å². The predicted octanol–water partition coefficient (Wildman–Crippen LogP) is 7.21. The molecule has 0 spiro atoms. The number of thiazole rings is 1. The average molecular weight is 464 g/mol. The van der Waals surface area contributed by atoms with Crippen molar-refractivity contribution < 1.29 is 9.21 Å². The van der Waals surface area contributed by atoms with Gasteiger partial charge >= 0.3 is 0 Å². The number of rotatable bonds is 5. The normalized spacial score (nSPS) is 10.9. The fourth-order valence-electron chi connectivity index (χ4n) is 2.72. The minimum absolute atomic E-state index is 0.178. The maximum Gasteiger partial charge on any atom is 0.293 e. The molecule has 4 nitrogen and oxygen atoms in total. The van der Waals surface area contributed by atoms with Crippen molar-refractivity contribution in [1.82, 2.24) is 4.98 Å². The van der Waals surface area contributed by atoms with Crippen LogP contribution in [-0.2, 0) is 6.42 Å². The average Bonchev–Trinajstić information content (AvgIpc) is 3.34. The zero-order chi connectivity index (χ0) is 20.4. The van der Waals surface area contributed by atoms with Gasteiger partial charge in [0.2, 0.25) is 0 Å². The summed E-state index contributed by atoms with van der Waals surface area (Å²) in [6.45, 7) is 0. The van der Waals surface area contributed by atoms with Gasteiger partial charge in [0.25, 0.3) is 5.91 Å². The van der Waals surface area contributed by atoms with Gasteiger partial charge in [0, 0.05) is 28.1 Å². The Kier molecular flexibility index (Phi) is 5.92. The lowest BCUT2D eigenvalue weighted by Crippen LogP contribution is -2.10. The Morgan fingerprint density at radius 1 is 1.03 bits per heavy atom. The third-order valence-corrected chi connectivity index (χ3v) is 5.96. The second kappa shape index (κ2) is 8.59. The SMILES string of the molecule is O=C(Nc1ncc(Cc2cccc(Cl)c2)s1)c1ccc(-c2ccc(Cl)c(Cl)c2)o1. The summed E-state index contributed by atoms with van der Waals surface area (Å²) in [6.07, 6.45) is 2.43. The number of anilines is 1. The number of benzene rings is 2. The molecular weight excluding hydrogens is 451 g/mol. The third kappa shape index (κ3) is 4.82. The van der Waals surface area contributed by atoms with Gasteiger partial charge in [0.1, 0.15) is 5.76 Å². The highest BCUT2D eigenvalue weighted by Crippen LogP contribution is 2.30. The van der Waals surface area contributed by atoms with Gasteiger partial charge in [0.05, 0.1) is 10.0 Å². The van der Waals surface area contributed by atoms with Crippen LogP contribution < -0.4 is 5.32 Å². The highest BCUT2D eigenvalue weighted by molar-refractivity contribution is 7.15. The van der Waals surface area contributed by atoms with Crippen LogP contribution in [-0.4, -0.2) is 10.9 Å². The van der Waals surface area contributed by atoms with Gasteiger partial charge in [-0.1, -0.05) is 46.9 Å². The molecule has 1 amide bonds. The molecule has 0 bridgehead atoms. The molecule has 8 heteroatoms. The zero-order valence-electron chi connectivity index (χ0n) is 14.8. The fraction of sp³-hybridized carbons (Fsp3) is 0.0476. The highest BCUT2D eigenvalue weighted by Gasteiger charge is 2.15. The van der Waals surface area contributed by atoms with E-state index in [1.54, 1.807) is 36.5 Å². The van der Waals surface area contributed by atoms with Crippen LogP contribution in [0.15, 0.2) is 65.2 Å². The van der Waals surface area contributed by atoms with Crippen LogP contribution in [0.1, 0.15) is 21.0 Å². The second-order valence-corrected chi connectivity index (χ2v) is 8.55. The van der Waals surface area contributed by atoms with Crippen LogP contribution in [0.25, 0.3) is 11.3 Å². The van der Waals surface area contributed by atoms with E-state index in [2.05, 4.69) is 10.3 Å². The Morgan fingerprint density at radius 3 is 2.69 bits per heavy atom. The van der Waals surface area contributed by atoms with Crippen LogP contribution in [0, 0.1) is 0 Å². The van der Waals surface area contributed by atoms with Crippen molar-refractivity contribution in [2.75, 3.05) is 5.32 Å². The molecule has 4 aromatic rings. The first-order valence-electron chi connectivity index (χ1n) is 8.54. The van der Waals surface area contributed by atoms with E-state index in [0.29, 0.717) is 32.4 Å². The quantitative estimate of drug-likeness (QED) is 0.340. The van der Waals surface area contributed by atoms with Crippen LogP contribution in [0.4, 0.5) is 5.13 Å². The summed E-state index contributed by atoms with van der Waals surface area (Å²) in [5.74, 6) is 0.326. The lowest BCUT2D eigenvalue weighted by Gasteiger charge is -2.01. The Bertz CT molecular complexity index is 1190. The Hall–Kier alpha value is -2.31. The van der Waals surface area contributed by atoms with Gasteiger partial charge in [-0.25, -0.2) is 4.98 Å². The fourth-order valence-corrected chi connectivity index (χ4v) is 4.07. The molecule has 0 saturated heterocycles. The summed E-state index contributed by atoms with van der Waals surface area (Å²) in [6, 6.07) is 16.1. The van der Waals surface area contributed by atoms with E-state index in [0.717, 1.165) is 16.0 Å². The molecule has 0 aliphatic heterocycles. The predicted molar refractivity (Wildman–Crippen MR) is 118 cm³/mol. The van der Waals surface area contributed by atoms with E-state index in [1.165, 1.54) is 11.3 Å². The molecule has 0 aliphatic rings. The minimum atomic E-state index is -0.375. The van der Waals surface area contributed by atoms with E-state index in [1.807, 2.05) is 24.3 Å². The summed E-state index contributed by atoms with van der Waals surface area (Å²) in [5.41, 5.74) is 1.81. The first-order chi connectivity index (χ1) is 14.0. The molecule has 0 aliphatic carbocycles. The van der Waals surface area contributed by atoms with Crippen LogP contribution in [0.5, 0.6) is 0 Å². The maximum atomic E-state index is 12.5. The van der Waals surface area contributed by atoms with Crippen molar-refractivity contribution in [2.45, 2.75) is 6.42 Å². The number of hydrogen-bond donors (Lipinski definition) is 1. The number of nitrogens with one attached hydrogen (secondary N) is 1. The van der Waals surface area contributed by atoms with Crippen LogP contribution >= 0.6 is 46.1 Å². The molecule has 29 heavy (non-hydrogen) atoms. The van der Waals surface area contributed by atoms with E-state index in [4.69, 9.17) is 39.2 Å². The number of amides is 1. The summed E-state index contributed by atoms with van der Waals surface area (Å²) in [4.78, 5) is 17.8. The van der Waals surface area contributed by atoms with Gasteiger partial charge in [-0.05, 0) is 48.0 Å². The molecule has 1 N–H and O–H groups in total. The summed E-state index contributed by atoms with van der Waals surface area (Å²) >= 11 is 19.4. The molecule has 0 unspecified atom stereocenters. The summed E-state index contributed by atoms with van der Waals surface area (Å²) < 4.78 is 5.66. The molecule has 0 fully saturated rings. The molecule has 4 rings (SSSR count). The number of carbonyl (C=O) groups excluding carboxylic acids is 1. The van der Waals surface area contributed by atoms with Crippen LogP contribution in [0.3, 0.4) is 0 Å². The van der Waals surface area contributed by atoms with Gasteiger partial charge in [-0.3, -0.25) is 10.1 Å².